The van der Waals surface area contributed by atoms with Crippen LogP contribution in [0.3, 0.4) is 0 Å². The number of rotatable bonds is 2. The molecule has 0 amide bonds. The number of hydrogen-bond acceptors (Lipinski definition) is 6. The summed E-state index contributed by atoms with van der Waals surface area (Å²) in [6.45, 7) is 3.14. The predicted molar refractivity (Wildman–Crippen MR) is 70.4 cm³/mol. The van der Waals surface area contributed by atoms with Crippen molar-refractivity contribution in [3.8, 4) is 0 Å². The largest absolute Gasteiger partial charge is 0.378 e. The van der Waals surface area contributed by atoms with Gasteiger partial charge in [-0.25, -0.2) is 5.84 Å². The van der Waals surface area contributed by atoms with E-state index >= 15 is 0 Å². The summed E-state index contributed by atoms with van der Waals surface area (Å²) in [6.07, 6.45) is 0. The summed E-state index contributed by atoms with van der Waals surface area (Å²) in [5, 5.41) is 10.5. The zero-order chi connectivity index (χ0) is 12.4. The number of aromatic nitrogens is 2. The number of hydrazine groups is 1. The number of nitrogen functional groups attached to an aromatic ring is 1. The molecule has 3 N–H and O–H groups in total. The van der Waals surface area contributed by atoms with Crippen LogP contribution in [0.4, 0.5) is 11.6 Å². The molecule has 2 heterocycles. The minimum absolute atomic E-state index is 0.600. The number of benzene rings is 1. The molecule has 18 heavy (non-hydrogen) atoms. The van der Waals surface area contributed by atoms with Crippen molar-refractivity contribution < 1.29 is 4.74 Å². The number of hydrogen-bond donors (Lipinski definition) is 2. The predicted octanol–water partition coefficient (Wildman–Crippen LogP) is 0.752. The monoisotopic (exact) mass is 245 g/mol. The van der Waals surface area contributed by atoms with Gasteiger partial charge in [0.1, 0.15) is 0 Å². The van der Waals surface area contributed by atoms with Crippen molar-refractivity contribution in [1.82, 2.24) is 10.2 Å². The maximum atomic E-state index is 5.46. The average Bonchev–Trinajstić information content (AvgIpc) is 2.47. The van der Waals surface area contributed by atoms with Gasteiger partial charge in [-0.3, -0.25) is 0 Å². The van der Waals surface area contributed by atoms with Crippen molar-refractivity contribution in [3.05, 3.63) is 24.3 Å². The molecule has 0 saturated carbocycles. The van der Waals surface area contributed by atoms with Crippen LogP contribution in [-0.2, 0) is 4.74 Å². The minimum atomic E-state index is 0.600. The standard InChI is InChI=1S/C12H15N5O/c13-14-11-9-3-1-2-4-10(9)12(16-15-11)17-5-7-18-8-6-17/h1-4H,5-8,13H2,(H,14,15). The Hall–Kier alpha value is -1.92. The number of nitrogens with two attached hydrogens (primary N) is 1. The van der Waals surface area contributed by atoms with Gasteiger partial charge in [0.25, 0.3) is 0 Å². The smallest absolute Gasteiger partial charge is 0.170 e. The van der Waals surface area contributed by atoms with E-state index in [1.165, 1.54) is 0 Å². The summed E-state index contributed by atoms with van der Waals surface area (Å²) in [6, 6.07) is 7.99. The molecule has 2 aromatic rings. The van der Waals surface area contributed by atoms with Crippen LogP contribution in [0.25, 0.3) is 10.8 Å². The van der Waals surface area contributed by atoms with Gasteiger partial charge in [-0.1, -0.05) is 24.3 Å². The zero-order valence-corrected chi connectivity index (χ0v) is 9.97. The van der Waals surface area contributed by atoms with Crippen molar-refractivity contribution in [2.24, 2.45) is 5.84 Å². The van der Waals surface area contributed by atoms with Crippen LogP contribution in [0.2, 0.25) is 0 Å². The summed E-state index contributed by atoms with van der Waals surface area (Å²) in [4.78, 5) is 2.19. The molecule has 0 unspecified atom stereocenters. The Morgan fingerprint density at radius 1 is 1.11 bits per heavy atom. The van der Waals surface area contributed by atoms with Crippen LogP contribution >= 0.6 is 0 Å². The van der Waals surface area contributed by atoms with E-state index < -0.39 is 0 Å². The topological polar surface area (TPSA) is 76.3 Å². The maximum absolute atomic E-state index is 5.46. The molecular formula is C12H15N5O. The van der Waals surface area contributed by atoms with Crippen LogP contribution in [0.1, 0.15) is 0 Å². The van der Waals surface area contributed by atoms with Gasteiger partial charge in [-0.15, -0.1) is 10.2 Å². The lowest BCUT2D eigenvalue weighted by molar-refractivity contribution is 0.122. The average molecular weight is 245 g/mol. The second kappa shape index (κ2) is 4.75. The molecule has 0 aliphatic carbocycles. The lowest BCUT2D eigenvalue weighted by Gasteiger charge is -2.28. The summed E-state index contributed by atoms with van der Waals surface area (Å²) in [7, 11) is 0. The Morgan fingerprint density at radius 2 is 1.83 bits per heavy atom. The van der Waals surface area contributed by atoms with E-state index in [4.69, 9.17) is 10.6 Å². The van der Waals surface area contributed by atoms with Crippen LogP contribution in [0, 0.1) is 0 Å². The third kappa shape index (κ3) is 1.85. The second-order valence-corrected chi connectivity index (χ2v) is 4.16. The summed E-state index contributed by atoms with van der Waals surface area (Å²) >= 11 is 0. The highest BCUT2D eigenvalue weighted by atomic mass is 16.5. The molecule has 0 bridgehead atoms. The third-order valence-corrected chi connectivity index (χ3v) is 3.12. The molecule has 0 spiro atoms. The van der Waals surface area contributed by atoms with E-state index in [2.05, 4.69) is 20.5 Å². The Kier molecular flexibility index (Phi) is 2.95. The number of nitrogens with one attached hydrogen (secondary N) is 1. The van der Waals surface area contributed by atoms with Gasteiger partial charge in [0.2, 0.25) is 0 Å². The molecule has 0 atom stereocenters. The van der Waals surface area contributed by atoms with Crippen LogP contribution in [0.5, 0.6) is 0 Å². The van der Waals surface area contributed by atoms with Gasteiger partial charge >= 0.3 is 0 Å². The van der Waals surface area contributed by atoms with E-state index in [0.29, 0.717) is 5.82 Å². The summed E-state index contributed by atoms with van der Waals surface area (Å²) in [5.41, 5.74) is 2.58. The fourth-order valence-electron chi connectivity index (χ4n) is 2.21. The molecule has 1 aliphatic heterocycles. The number of nitrogens with zero attached hydrogens (tertiary/aromatic N) is 3. The lowest BCUT2D eigenvalue weighted by atomic mass is 10.1. The van der Waals surface area contributed by atoms with Crippen molar-refractivity contribution in [1.29, 1.82) is 0 Å². The first kappa shape index (κ1) is 11.2. The minimum Gasteiger partial charge on any atom is -0.378 e. The Balaban J connectivity index is 2.12. The third-order valence-electron chi connectivity index (χ3n) is 3.12. The van der Waals surface area contributed by atoms with Crippen molar-refractivity contribution in [2.75, 3.05) is 36.6 Å². The van der Waals surface area contributed by atoms with E-state index in [1.807, 2.05) is 24.3 Å². The van der Waals surface area contributed by atoms with E-state index in [1.54, 1.807) is 0 Å². The Morgan fingerprint density at radius 3 is 2.56 bits per heavy atom. The highest BCUT2D eigenvalue weighted by molar-refractivity contribution is 5.98. The Labute approximate surface area is 105 Å². The normalized spacial score (nSPS) is 15.9. The summed E-state index contributed by atoms with van der Waals surface area (Å²) in [5.74, 6) is 6.95. The molecule has 1 fully saturated rings. The molecule has 3 rings (SSSR count). The highest BCUT2D eigenvalue weighted by Crippen LogP contribution is 2.28. The van der Waals surface area contributed by atoms with Crippen molar-refractivity contribution in [3.63, 3.8) is 0 Å². The SMILES string of the molecule is NNc1nnc(N2CCOCC2)c2ccccc12. The van der Waals surface area contributed by atoms with Gasteiger partial charge in [-0.05, 0) is 0 Å². The quantitative estimate of drug-likeness (QED) is 0.600. The number of ether oxygens (including phenoxy) is 1. The van der Waals surface area contributed by atoms with Gasteiger partial charge in [0.05, 0.1) is 13.2 Å². The van der Waals surface area contributed by atoms with Gasteiger partial charge in [-0.2, -0.15) is 0 Å². The lowest BCUT2D eigenvalue weighted by Crippen LogP contribution is -2.37. The summed E-state index contributed by atoms with van der Waals surface area (Å²) < 4.78 is 5.36. The van der Waals surface area contributed by atoms with Crippen molar-refractivity contribution in [2.45, 2.75) is 0 Å². The first-order valence-electron chi connectivity index (χ1n) is 5.95. The molecular weight excluding hydrogens is 230 g/mol. The molecule has 1 aromatic heterocycles. The zero-order valence-electron chi connectivity index (χ0n) is 9.97. The molecule has 1 aromatic carbocycles. The van der Waals surface area contributed by atoms with Gasteiger partial charge < -0.3 is 15.1 Å². The molecule has 0 radical (unpaired) electrons. The van der Waals surface area contributed by atoms with Gasteiger partial charge in [0, 0.05) is 23.9 Å². The van der Waals surface area contributed by atoms with E-state index in [0.717, 1.165) is 42.9 Å². The highest BCUT2D eigenvalue weighted by Gasteiger charge is 2.17. The molecule has 6 heteroatoms. The molecule has 94 valence electrons. The van der Waals surface area contributed by atoms with Gasteiger partial charge in [0.15, 0.2) is 11.6 Å². The maximum Gasteiger partial charge on any atom is 0.170 e. The first-order chi connectivity index (χ1) is 8.90. The second-order valence-electron chi connectivity index (χ2n) is 4.16. The van der Waals surface area contributed by atoms with Crippen molar-refractivity contribution >= 4 is 22.4 Å². The van der Waals surface area contributed by atoms with Crippen LogP contribution in [0.15, 0.2) is 24.3 Å². The van der Waals surface area contributed by atoms with E-state index in [9.17, 15) is 0 Å². The van der Waals surface area contributed by atoms with E-state index in [-0.39, 0.29) is 0 Å². The Bertz CT molecular complexity index is 553. The number of fused-ring (bicyclic) bond motifs is 1. The fourth-order valence-corrected chi connectivity index (χ4v) is 2.21. The number of anilines is 2. The molecule has 1 saturated heterocycles. The number of morpholine rings is 1. The first-order valence-corrected chi connectivity index (χ1v) is 5.95. The van der Waals surface area contributed by atoms with Crippen LogP contribution < -0.4 is 16.2 Å². The van der Waals surface area contributed by atoms with Crippen LogP contribution in [-0.4, -0.2) is 36.5 Å². The fraction of sp³-hybridized carbons (Fsp3) is 0.333. The molecule has 1 aliphatic rings. The molecule has 6 nitrogen and oxygen atoms in total.